The van der Waals surface area contributed by atoms with E-state index in [4.69, 9.17) is 0 Å². The van der Waals surface area contributed by atoms with Gasteiger partial charge in [0.15, 0.2) is 0 Å². The molecule has 4 atom stereocenters. The quantitative estimate of drug-likeness (QED) is 0.765. The molecule has 1 N–H and O–H groups in total. The predicted molar refractivity (Wildman–Crippen MR) is 83.3 cm³/mol. The van der Waals surface area contributed by atoms with Crippen LogP contribution in [0.25, 0.3) is 0 Å². The Morgan fingerprint density at radius 3 is 1.17 bits per heavy atom. The van der Waals surface area contributed by atoms with Crippen molar-refractivity contribution in [2.75, 3.05) is 0 Å². The SMILES string of the molecule is CC(C)C1NC(C(C)C)C(C(C)C)[Se]C1C(C)C. The summed E-state index contributed by atoms with van der Waals surface area (Å²) in [6, 6.07) is 1.46. The summed E-state index contributed by atoms with van der Waals surface area (Å²) in [5.74, 6) is 3.15. The van der Waals surface area contributed by atoms with Gasteiger partial charge < -0.3 is 0 Å². The van der Waals surface area contributed by atoms with Crippen LogP contribution in [-0.2, 0) is 0 Å². The van der Waals surface area contributed by atoms with Crippen molar-refractivity contribution in [1.29, 1.82) is 0 Å². The van der Waals surface area contributed by atoms with Crippen molar-refractivity contribution < 1.29 is 0 Å². The van der Waals surface area contributed by atoms with Crippen LogP contribution in [0.2, 0.25) is 9.63 Å². The molecule has 2 heteroatoms. The Kier molecular flexibility index (Phi) is 6.22. The summed E-state index contributed by atoms with van der Waals surface area (Å²) in [6.07, 6.45) is 0. The zero-order chi connectivity index (χ0) is 14.0. The first kappa shape index (κ1) is 16.5. The maximum atomic E-state index is 4.03. The average Bonchev–Trinajstić information content (AvgIpc) is 2.26. The van der Waals surface area contributed by atoms with E-state index < -0.39 is 0 Å². The van der Waals surface area contributed by atoms with Gasteiger partial charge in [0.2, 0.25) is 0 Å². The van der Waals surface area contributed by atoms with Gasteiger partial charge in [-0.2, -0.15) is 0 Å². The van der Waals surface area contributed by atoms with Gasteiger partial charge in [0.1, 0.15) is 0 Å². The van der Waals surface area contributed by atoms with E-state index in [0.717, 1.165) is 60.3 Å². The average molecular weight is 318 g/mol. The topological polar surface area (TPSA) is 12.0 Å². The summed E-state index contributed by atoms with van der Waals surface area (Å²) in [5.41, 5.74) is 0. The zero-order valence-electron chi connectivity index (χ0n) is 13.5. The normalized spacial score (nSPS) is 34.0. The van der Waals surface area contributed by atoms with Crippen LogP contribution < -0.4 is 5.32 Å². The molecule has 0 aromatic carbocycles. The molecule has 1 aliphatic heterocycles. The first-order chi connectivity index (χ1) is 8.25. The van der Waals surface area contributed by atoms with E-state index in [0.29, 0.717) is 0 Å². The molecule has 0 aromatic heterocycles. The van der Waals surface area contributed by atoms with E-state index in [9.17, 15) is 0 Å². The maximum absolute atomic E-state index is 4.03. The fraction of sp³-hybridized carbons (Fsp3) is 1.00. The molecule has 0 radical (unpaired) electrons. The number of hydrogen-bond donors (Lipinski definition) is 1. The molecule has 108 valence electrons. The van der Waals surface area contributed by atoms with Gasteiger partial charge in [-0.25, -0.2) is 0 Å². The van der Waals surface area contributed by atoms with Gasteiger partial charge in [-0.3, -0.25) is 0 Å². The molecule has 1 fully saturated rings. The molecule has 0 amide bonds. The van der Waals surface area contributed by atoms with Crippen molar-refractivity contribution in [3.63, 3.8) is 0 Å². The van der Waals surface area contributed by atoms with E-state index >= 15 is 0 Å². The molecule has 0 saturated carbocycles. The molecule has 0 spiro atoms. The van der Waals surface area contributed by atoms with Crippen LogP contribution in [0.4, 0.5) is 0 Å². The molecule has 18 heavy (non-hydrogen) atoms. The number of hydrogen-bond acceptors (Lipinski definition) is 1. The van der Waals surface area contributed by atoms with E-state index in [-0.39, 0.29) is 0 Å². The second-order valence-electron chi connectivity index (χ2n) is 7.26. The summed E-state index contributed by atoms with van der Waals surface area (Å²) < 4.78 is 0. The van der Waals surface area contributed by atoms with Gasteiger partial charge >= 0.3 is 121 Å². The Labute approximate surface area is 121 Å². The van der Waals surface area contributed by atoms with Gasteiger partial charge in [-0.05, 0) is 0 Å². The standard InChI is InChI=1S/C16H33NSe/c1-9(2)13-15(11(5)6)18-16(12(7)8)14(17-13)10(3)4/h9-17H,1-8H3. The van der Waals surface area contributed by atoms with Gasteiger partial charge in [0.05, 0.1) is 0 Å². The third-order valence-electron chi connectivity index (χ3n) is 4.16. The van der Waals surface area contributed by atoms with Crippen molar-refractivity contribution >= 4 is 15.0 Å². The van der Waals surface area contributed by atoms with E-state index in [1.54, 1.807) is 0 Å². The molecule has 4 unspecified atom stereocenters. The summed E-state index contributed by atoms with van der Waals surface area (Å²) >= 11 is 0.775. The first-order valence-corrected chi connectivity index (χ1v) is 9.65. The van der Waals surface area contributed by atoms with Crippen LogP contribution in [-0.4, -0.2) is 27.0 Å². The molecular formula is C16H33NSe. The molecule has 0 bridgehead atoms. The number of nitrogens with one attached hydrogen (secondary N) is 1. The summed E-state index contributed by atoms with van der Waals surface area (Å²) in [7, 11) is 0. The van der Waals surface area contributed by atoms with Gasteiger partial charge in [0, 0.05) is 0 Å². The Morgan fingerprint density at radius 1 is 0.611 bits per heavy atom. The van der Waals surface area contributed by atoms with E-state index in [1.165, 1.54) is 0 Å². The van der Waals surface area contributed by atoms with Crippen LogP contribution in [0.15, 0.2) is 0 Å². The minimum absolute atomic E-state index is 0.729. The molecule has 0 aromatic rings. The van der Waals surface area contributed by atoms with Crippen LogP contribution in [0.3, 0.4) is 0 Å². The summed E-state index contributed by atoms with van der Waals surface area (Å²) in [5, 5.41) is 4.03. The minimum atomic E-state index is 0.729. The monoisotopic (exact) mass is 319 g/mol. The third-order valence-corrected chi connectivity index (χ3v) is 8.99. The number of rotatable bonds is 4. The van der Waals surface area contributed by atoms with E-state index in [1.807, 2.05) is 0 Å². The van der Waals surface area contributed by atoms with Crippen LogP contribution in [0.1, 0.15) is 55.4 Å². The molecule has 1 rings (SSSR count). The van der Waals surface area contributed by atoms with Gasteiger partial charge in [0.25, 0.3) is 0 Å². The molecule has 1 aliphatic rings. The van der Waals surface area contributed by atoms with Crippen molar-refractivity contribution in [1.82, 2.24) is 5.32 Å². The molecule has 0 aliphatic carbocycles. The van der Waals surface area contributed by atoms with E-state index in [2.05, 4.69) is 60.7 Å². The molecule has 1 nitrogen and oxygen atoms in total. The predicted octanol–water partition coefficient (Wildman–Crippen LogP) is 4.23. The Bertz CT molecular complexity index is 197. The third kappa shape index (κ3) is 3.74. The van der Waals surface area contributed by atoms with Gasteiger partial charge in [-0.1, -0.05) is 0 Å². The summed E-state index contributed by atoms with van der Waals surface area (Å²) in [4.78, 5) is 1.81. The zero-order valence-corrected chi connectivity index (χ0v) is 15.2. The van der Waals surface area contributed by atoms with Crippen LogP contribution in [0, 0.1) is 23.7 Å². The Hall–Kier alpha value is 0.479. The molecule has 1 saturated heterocycles. The van der Waals surface area contributed by atoms with Crippen molar-refractivity contribution in [2.24, 2.45) is 23.7 Å². The Balaban J connectivity index is 2.91. The molecular weight excluding hydrogens is 285 g/mol. The second kappa shape index (κ2) is 6.77. The van der Waals surface area contributed by atoms with Crippen molar-refractivity contribution in [3.8, 4) is 0 Å². The fourth-order valence-corrected chi connectivity index (χ4v) is 7.49. The Morgan fingerprint density at radius 2 is 0.944 bits per heavy atom. The molecule has 1 heterocycles. The van der Waals surface area contributed by atoms with Crippen LogP contribution >= 0.6 is 0 Å². The first-order valence-electron chi connectivity index (χ1n) is 7.67. The van der Waals surface area contributed by atoms with Gasteiger partial charge in [-0.15, -0.1) is 0 Å². The van der Waals surface area contributed by atoms with Crippen molar-refractivity contribution in [3.05, 3.63) is 0 Å². The van der Waals surface area contributed by atoms with Crippen molar-refractivity contribution in [2.45, 2.75) is 77.1 Å². The second-order valence-corrected chi connectivity index (χ2v) is 10.1. The summed E-state index contributed by atoms with van der Waals surface area (Å²) in [6.45, 7) is 19.2. The van der Waals surface area contributed by atoms with Crippen LogP contribution in [0.5, 0.6) is 0 Å². The fourth-order valence-electron chi connectivity index (χ4n) is 3.05.